The number of hydrogen-bond acceptors (Lipinski definition) is 3. The number of nitrogens with zero attached hydrogens (tertiary/aromatic N) is 1. The van der Waals surface area contributed by atoms with Crippen molar-refractivity contribution in [1.82, 2.24) is 4.90 Å². The van der Waals surface area contributed by atoms with Gasteiger partial charge in [-0.25, -0.2) is 4.79 Å². The number of hydrogen-bond donors (Lipinski definition) is 1. The maximum absolute atomic E-state index is 12.0. The summed E-state index contributed by atoms with van der Waals surface area (Å²) in [6.07, 6.45) is 3.14. The Kier molecular flexibility index (Phi) is 4.80. The molecule has 0 spiro atoms. The van der Waals surface area contributed by atoms with Crippen LogP contribution in [0.3, 0.4) is 0 Å². The third-order valence-corrected chi connectivity index (χ3v) is 2.92. The van der Waals surface area contributed by atoms with Crippen LogP contribution in [-0.2, 0) is 4.74 Å². The Morgan fingerprint density at radius 3 is 2.71 bits per heavy atom. The van der Waals surface area contributed by atoms with E-state index in [1.165, 1.54) is 0 Å². The van der Waals surface area contributed by atoms with Crippen molar-refractivity contribution >= 4 is 6.09 Å². The predicted octanol–water partition coefficient (Wildman–Crippen LogP) is 2.55. The van der Waals surface area contributed by atoms with E-state index in [2.05, 4.69) is 0 Å². The Morgan fingerprint density at radius 1 is 1.53 bits per heavy atom. The lowest BCUT2D eigenvalue weighted by atomic mass is 10.1. The van der Waals surface area contributed by atoms with Crippen LogP contribution in [0.1, 0.15) is 53.4 Å². The summed E-state index contributed by atoms with van der Waals surface area (Å²) in [6, 6.07) is 0.236. The number of carbonyl (C=O) groups is 1. The molecule has 1 saturated heterocycles. The van der Waals surface area contributed by atoms with Crippen molar-refractivity contribution in [2.45, 2.75) is 71.1 Å². The van der Waals surface area contributed by atoms with Crippen molar-refractivity contribution in [3.8, 4) is 0 Å². The lowest BCUT2D eigenvalue weighted by Gasteiger charge is -2.28. The van der Waals surface area contributed by atoms with E-state index in [1.54, 1.807) is 6.92 Å². The third kappa shape index (κ3) is 4.94. The minimum Gasteiger partial charge on any atom is -0.444 e. The molecule has 1 rings (SSSR count). The van der Waals surface area contributed by atoms with Gasteiger partial charge in [-0.2, -0.15) is 0 Å². The highest BCUT2D eigenvalue weighted by Gasteiger charge is 2.31. The van der Waals surface area contributed by atoms with Gasteiger partial charge in [0.05, 0.1) is 6.10 Å². The van der Waals surface area contributed by atoms with E-state index in [0.717, 1.165) is 32.2 Å². The zero-order valence-corrected chi connectivity index (χ0v) is 11.4. The second kappa shape index (κ2) is 5.71. The van der Waals surface area contributed by atoms with Crippen LogP contribution in [0, 0.1) is 0 Å². The minimum atomic E-state index is -0.436. The molecule has 1 aliphatic heterocycles. The first-order valence-corrected chi connectivity index (χ1v) is 6.47. The second-order valence-corrected chi connectivity index (χ2v) is 5.90. The standard InChI is InChI=1S/C13H25NO3/c1-10(15)7-8-11-6-5-9-14(11)12(16)17-13(2,3)4/h10-11,15H,5-9H2,1-4H3/t10-,11+/m0/s1. The fourth-order valence-corrected chi connectivity index (χ4v) is 2.13. The van der Waals surface area contributed by atoms with Crippen LogP contribution in [0.5, 0.6) is 0 Å². The first-order valence-electron chi connectivity index (χ1n) is 6.47. The number of aliphatic hydroxyl groups is 1. The molecule has 1 N–H and O–H groups in total. The topological polar surface area (TPSA) is 49.8 Å². The SMILES string of the molecule is C[C@H](O)CC[C@H]1CCCN1C(=O)OC(C)(C)C. The molecule has 0 aromatic carbocycles. The summed E-state index contributed by atoms with van der Waals surface area (Å²) in [5.74, 6) is 0. The molecular weight excluding hydrogens is 218 g/mol. The molecular formula is C13H25NO3. The lowest BCUT2D eigenvalue weighted by Crippen LogP contribution is -2.40. The molecule has 100 valence electrons. The van der Waals surface area contributed by atoms with Gasteiger partial charge in [-0.05, 0) is 53.4 Å². The van der Waals surface area contributed by atoms with Gasteiger partial charge in [0.1, 0.15) is 5.60 Å². The van der Waals surface area contributed by atoms with E-state index in [9.17, 15) is 9.90 Å². The Labute approximate surface area is 104 Å². The quantitative estimate of drug-likeness (QED) is 0.828. The van der Waals surface area contributed by atoms with Crippen molar-refractivity contribution in [2.24, 2.45) is 0 Å². The van der Waals surface area contributed by atoms with E-state index in [0.29, 0.717) is 0 Å². The summed E-state index contributed by atoms with van der Waals surface area (Å²) in [4.78, 5) is 13.8. The second-order valence-electron chi connectivity index (χ2n) is 5.90. The molecule has 0 bridgehead atoms. The fraction of sp³-hybridized carbons (Fsp3) is 0.923. The monoisotopic (exact) mass is 243 g/mol. The molecule has 0 saturated carbocycles. The van der Waals surface area contributed by atoms with Crippen LogP contribution in [0.2, 0.25) is 0 Å². The Morgan fingerprint density at radius 2 is 2.18 bits per heavy atom. The third-order valence-electron chi connectivity index (χ3n) is 2.92. The van der Waals surface area contributed by atoms with E-state index in [1.807, 2.05) is 25.7 Å². The smallest absolute Gasteiger partial charge is 0.410 e. The number of rotatable bonds is 3. The van der Waals surface area contributed by atoms with Gasteiger partial charge in [0, 0.05) is 12.6 Å². The normalized spacial score (nSPS) is 22.6. The van der Waals surface area contributed by atoms with Crippen molar-refractivity contribution in [3.63, 3.8) is 0 Å². The highest BCUT2D eigenvalue weighted by molar-refractivity contribution is 5.68. The zero-order valence-electron chi connectivity index (χ0n) is 11.4. The molecule has 2 atom stereocenters. The minimum absolute atomic E-state index is 0.217. The summed E-state index contributed by atoms with van der Waals surface area (Å²) in [6.45, 7) is 8.20. The van der Waals surface area contributed by atoms with E-state index >= 15 is 0 Å². The molecule has 1 heterocycles. The molecule has 0 unspecified atom stereocenters. The zero-order chi connectivity index (χ0) is 13.1. The van der Waals surface area contributed by atoms with Crippen molar-refractivity contribution < 1.29 is 14.6 Å². The summed E-state index contributed by atoms with van der Waals surface area (Å²) in [7, 11) is 0. The van der Waals surface area contributed by atoms with Gasteiger partial charge in [0.15, 0.2) is 0 Å². The molecule has 0 aliphatic carbocycles. The highest BCUT2D eigenvalue weighted by Crippen LogP contribution is 2.24. The van der Waals surface area contributed by atoms with Crippen LogP contribution >= 0.6 is 0 Å². The molecule has 4 heteroatoms. The summed E-state index contributed by atoms with van der Waals surface area (Å²) < 4.78 is 5.38. The number of amides is 1. The number of aliphatic hydroxyl groups excluding tert-OH is 1. The Hall–Kier alpha value is -0.770. The van der Waals surface area contributed by atoms with Gasteiger partial charge < -0.3 is 14.7 Å². The first kappa shape index (κ1) is 14.3. The molecule has 0 aromatic heterocycles. The largest absolute Gasteiger partial charge is 0.444 e. The number of carbonyl (C=O) groups excluding carboxylic acids is 1. The molecule has 1 amide bonds. The van der Waals surface area contributed by atoms with Gasteiger partial charge in [-0.1, -0.05) is 0 Å². The molecule has 0 radical (unpaired) electrons. The van der Waals surface area contributed by atoms with Crippen LogP contribution in [0.15, 0.2) is 0 Å². The van der Waals surface area contributed by atoms with Gasteiger partial charge >= 0.3 is 6.09 Å². The van der Waals surface area contributed by atoms with Crippen molar-refractivity contribution in [3.05, 3.63) is 0 Å². The van der Waals surface area contributed by atoms with E-state index in [-0.39, 0.29) is 18.2 Å². The van der Waals surface area contributed by atoms with Crippen molar-refractivity contribution in [2.75, 3.05) is 6.54 Å². The summed E-state index contributed by atoms with van der Waals surface area (Å²) >= 11 is 0. The highest BCUT2D eigenvalue weighted by atomic mass is 16.6. The van der Waals surface area contributed by atoms with Crippen molar-refractivity contribution in [1.29, 1.82) is 0 Å². The van der Waals surface area contributed by atoms with Crippen LogP contribution < -0.4 is 0 Å². The lowest BCUT2D eigenvalue weighted by molar-refractivity contribution is 0.0209. The maximum Gasteiger partial charge on any atom is 0.410 e. The van der Waals surface area contributed by atoms with Crippen LogP contribution in [-0.4, -0.2) is 40.4 Å². The average Bonchev–Trinajstić information content (AvgIpc) is 2.59. The number of likely N-dealkylation sites (tertiary alicyclic amines) is 1. The molecule has 17 heavy (non-hydrogen) atoms. The van der Waals surface area contributed by atoms with Gasteiger partial charge in [0.25, 0.3) is 0 Å². The van der Waals surface area contributed by atoms with Gasteiger partial charge in [-0.15, -0.1) is 0 Å². The molecule has 1 aliphatic rings. The fourth-order valence-electron chi connectivity index (χ4n) is 2.13. The molecule has 0 aromatic rings. The summed E-state index contributed by atoms with van der Waals surface area (Å²) in [5, 5.41) is 9.29. The molecule has 1 fully saturated rings. The van der Waals surface area contributed by atoms with Gasteiger partial charge in [-0.3, -0.25) is 0 Å². The maximum atomic E-state index is 12.0. The summed E-state index contributed by atoms with van der Waals surface area (Å²) in [5.41, 5.74) is -0.436. The first-order chi connectivity index (χ1) is 7.79. The van der Waals surface area contributed by atoms with E-state index < -0.39 is 5.60 Å². The van der Waals surface area contributed by atoms with E-state index in [4.69, 9.17) is 4.74 Å². The van der Waals surface area contributed by atoms with Gasteiger partial charge in [0.2, 0.25) is 0 Å². The van der Waals surface area contributed by atoms with Crippen LogP contribution in [0.25, 0.3) is 0 Å². The Balaban J connectivity index is 2.48. The predicted molar refractivity (Wildman–Crippen MR) is 66.9 cm³/mol. The Bertz CT molecular complexity index is 258. The average molecular weight is 243 g/mol. The molecule has 4 nitrogen and oxygen atoms in total. The van der Waals surface area contributed by atoms with Crippen LogP contribution in [0.4, 0.5) is 4.79 Å². The number of ether oxygens (including phenoxy) is 1.